The van der Waals surface area contributed by atoms with Gasteiger partial charge in [-0.25, -0.2) is 9.78 Å². The van der Waals surface area contributed by atoms with Gasteiger partial charge in [0.2, 0.25) is 5.91 Å². The molecule has 0 bridgehead atoms. The van der Waals surface area contributed by atoms with Gasteiger partial charge in [0.05, 0.1) is 13.0 Å². The minimum Gasteiger partial charge on any atom is -0.481 e. The van der Waals surface area contributed by atoms with Crippen LogP contribution in [0.15, 0.2) is 60.9 Å². The quantitative estimate of drug-likeness (QED) is 0.430. The fourth-order valence-electron chi connectivity index (χ4n) is 3.85. The summed E-state index contributed by atoms with van der Waals surface area (Å²) in [5.41, 5.74) is 4.30. The van der Waals surface area contributed by atoms with Gasteiger partial charge in [0.15, 0.2) is 0 Å². The maximum absolute atomic E-state index is 12.4. The van der Waals surface area contributed by atoms with Crippen molar-refractivity contribution in [2.75, 3.05) is 6.61 Å². The van der Waals surface area contributed by atoms with Crippen LogP contribution in [-0.4, -0.2) is 45.7 Å². The summed E-state index contributed by atoms with van der Waals surface area (Å²) >= 11 is 0. The zero-order valence-corrected chi connectivity index (χ0v) is 17.1. The minimum absolute atomic E-state index is 0.0632. The van der Waals surface area contributed by atoms with E-state index in [2.05, 4.69) is 20.6 Å². The van der Waals surface area contributed by atoms with Crippen LogP contribution in [0.5, 0.6) is 0 Å². The molecule has 9 nitrogen and oxygen atoms in total. The van der Waals surface area contributed by atoms with Crippen molar-refractivity contribution >= 4 is 18.0 Å². The molecular weight excluding hydrogens is 412 g/mol. The number of alkyl carbamates (subject to hydrolysis) is 1. The SMILES string of the molecule is O=C(O)CC(NC(=O)OCC1c2ccccc2-c2ccccc21)C(=O)NCc1ncc[nH]1. The summed E-state index contributed by atoms with van der Waals surface area (Å²) in [6.07, 6.45) is 1.70. The van der Waals surface area contributed by atoms with Crippen molar-refractivity contribution < 1.29 is 24.2 Å². The normalized spacial score (nSPS) is 13.0. The molecule has 0 saturated heterocycles. The van der Waals surface area contributed by atoms with Crippen molar-refractivity contribution in [2.24, 2.45) is 0 Å². The first kappa shape index (κ1) is 21.1. The zero-order valence-electron chi connectivity index (χ0n) is 17.1. The number of benzene rings is 2. The van der Waals surface area contributed by atoms with E-state index >= 15 is 0 Å². The molecule has 1 unspecified atom stereocenters. The van der Waals surface area contributed by atoms with Crippen LogP contribution < -0.4 is 10.6 Å². The number of fused-ring (bicyclic) bond motifs is 3. The van der Waals surface area contributed by atoms with E-state index in [0.717, 1.165) is 22.3 Å². The van der Waals surface area contributed by atoms with Gasteiger partial charge in [-0.2, -0.15) is 0 Å². The van der Waals surface area contributed by atoms with Crippen LogP contribution in [0.4, 0.5) is 4.79 Å². The highest BCUT2D eigenvalue weighted by Gasteiger charge is 2.30. The minimum atomic E-state index is -1.28. The summed E-state index contributed by atoms with van der Waals surface area (Å²) in [4.78, 5) is 42.8. The van der Waals surface area contributed by atoms with E-state index < -0.39 is 30.4 Å². The molecule has 4 N–H and O–H groups in total. The van der Waals surface area contributed by atoms with Crippen LogP contribution in [-0.2, 0) is 20.9 Å². The van der Waals surface area contributed by atoms with E-state index in [4.69, 9.17) is 9.84 Å². The van der Waals surface area contributed by atoms with Crippen molar-refractivity contribution in [1.29, 1.82) is 0 Å². The van der Waals surface area contributed by atoms with Crippen LogP contribution >= 0.6 is 0 Å². The average Bonchev–Trinajstić information content (AvgIpc) is 3.41. The summed E-state index contributed by atoms with van der Waals surface area (Å²) in [6.45, 7) is 0.141. The summed E-state index contributed by atoms with van der Waals surface area (Å²) in [7, 11) is 0. The predicted octanol–water partition coefficient (Wildman–Crippen LogP) is 2.41. The number of carboxylic acid groups (broad SMARTS) is 1. The Morgan fingerprint density at radius 2 is 1.72 bits per heavy atom. The Labute approximate surface area is 183 Å². The standard InChI is InChI=1S/C23H22N4O5/c28-21(29)11-19(22(30)26-12-20-24-9-10-25-20)27-23(31)32-13-18-16-7-3-1-5-14(16)15-6-2-4-8-17(15)18/h1-10,18-19H,11-13H2,(H,24,25)(H,26,30)(H,27,31)(H,28,29). The number of aliphatic carboxylic acids is 1. The molecule has 32 heavy (non-hydrogen) atoms. The third-order valence-electron chi connectivity index (χ3n) is 5.32. The number of imidazole rings is 1. The highest BCUT2D eigenvalue weighted by atomic mass is 16.5. The molecule has 2 amide bonds. The van der Waals surface area contributed by atoms with Gasteiger partial charge in [0.25, 0.3) is 0 Å². The van der Waals surface area contributed by atoms with Crippen LogP contribution in [0.25, 0.3) is 11.1 Å². The Morgan fingerprint density at radius 1 is 1.06 bits per heavy atom. The average molecular weight is 434 g/mol. The molecular formula is C23H22N4O5. The highest BCUT2D eigenvalue weighted by molar-refractivity contribution is 5.89. The maximum Gasteiger partial charge on any atom is 0.407 e. The first-order valence-electron chi connectivity index (χ1n) is 10.1. The number of aromatic nitrogens is 2. The molecule has 0 spiro atoms. The van der Waals surface area contributed by atoms with E-state index in [1.807, 2.05) is 48.5 Å². The molecule has 1 aliphatic rings. The molecule has 1 atom stereocenters. The van der Waals surface area contributed by atoms with E-state index in [1.54, 1.807) is 6.20 Å². The van der Waals surface area contributed by atoms with Gasteiger partial charge in [-0.15, -0.1) is 0 Å². The molecule has 0 saturated carbocycles. The number of carbonyl (C=O) groups is 3. The lowest BCUT2D eigenvalue weighted by molar-refractivity contribution is -0.139. The summed E-state index contributed by atoms with van der Waals surface area (Å²) in [6, 6.07) is 14.6. The van der Waals surface area contributed by atoms with E-state index in [9.17, 15) is 14.4 Å². The Kier molecular flexibility index (Phi) is 6.16. The second-order valence-electron chi connectivity index (χ2n) is 7.37. The van der Waals surface area contributed by atoms with Crippen molar-refractivity contribution in [1.82, 2.24) is 20.6 Å². The van der Waals surface area contributed by atoms with Gasteiger partial charge in [-0.05, 0) is 22.3 Å². The second kappa shape index (κ2) is 9.34. The van der Waals surface area contributed by atoms with Gasteiger partial charge in [0.1, 0.15) is 18.5 Å². The number of aromatic amines is 1. The number of nitrogens with zero attached hydrogens (tertiary/aromatic N) is 1. The number of amides is 2. The number of ether oxygens (including phenoxy) is 1. The van der Waals surface area contributed by atoms with Crippen molar-refractivity contribution in [2.45, 2.75) is 24.9 Å². The van der Waals surface area contributed by atoms with Crippen molar-refractivity contribution in [3.05, 3.63) is 77.9 Å². The second-order valence-corrected chi connectivity index (χ2v) is 7.37. The Balaban J connectivity index is 1.39. The number of hydrogen-bond donors (Lipinski definition) is 4. The van der Waals surface area contributed by atoms with Crippen LogP contribution in [0.2, 0.25) is 0 Å². The molecule has 2 aromatic carbocycles. The van der Waals surface area contributed by atoms with Crippen molar-refractivity contribution in [3.63, 3.8) is 0 Å². The first-order chi connectivity index (χ1) is 15.5. The number of hydrogen-bond acceptors (Lipinski definition) is 5. The van der Waals surface area contributed by atoms with Crippen LogP contribution in [0.1, 0.15) is 29.3 Å². The Morgan fingerprint density at radius 3 is 2.31 bits per heavy atom. The summed E-state index contributed by atoms with van der Waals surface area (Å²) in [5, 5.41) is 14.0. The zero-order chi connectivity index (χ0) is 22.5. The van der Waals surface area contributed by atoms with Gasteiger partial charge >= 0.3 is 12.1 Å². The third-order valence-corrected chi connectivity index (χ3v) is 5.32. The molecule has 3 aromatic rings. The lowest BCUT2D eigenvalue weighted by Crippen LogP contribution is -2.48. The summed E-state index contributed by atoms with van der Waals surface area (Å²) in [5.74, 6) is -1.49. The fourth-order valence-corrected chi connectivity index (χ4v) is 3.85. The number of nitrogens with one attached hydrogen (secondary N) is 3. The smallest absolute Gasteiger partial charge is 0.407 e. The largest absolute Gasteiger partial charge is 0.481 e. The lowest BCUT2D eigenvalue weighted by Gasteiger charge is -2.18. The van der Waals surface area contributed by atoms with Gasteiger partial charge < -0.3 is 25.5 Å². The number of carboxylic acids is 1. The van der Waals surface area contributed by atoms with Gasteiger partial charge in [0, 0.05) is 18.3 Å². The van der Waals surface area contributed by atoms with Gasteiger partial charge in [-0.3, -0.25) is 9.59 Å². The molecule has 9 heteroatoms. The highest BCUT2D eigenvalue weighted by Crippen LogP contribution is 2.44. The van der Waals surface area contributed by atoms with Crippen molar-refractivity contribution in [3.8, 4) is 11.1 Å². The number of H-pyrrole nitrogens is 1. The molecule has 1 aromatic heterocycles. The maximum atomic E-state index is 12.4. The van der Waals surface area contributed by atoms with Crippen LogP contribution in [0.3, 0.4) is 0 Å². The summed E-state index contributed by atoms with van der Waals surface area (Å²) < 4.78 is 5.41. The monoisotopic (exact) mass is 434 g/mol. The molecule has 164 valence electrons. The Hall–Kier alpha value is -4.14. The molecule has 0 radical (unpaired) electrons. The number of carbonyl (C=O) groups excluding carboxylic acids is 2. The molecule has 1 aliphatic carbocycles. The molecule has 0 aliphatic heterocycles. The topological polar surface area (TPSA) is 133 Å². The predicted molar refractivity (Wildman–Crippen MR) is 115 cm³/mol. The number of rotatable bonds is 8. The fraction of sp³-hybridized carbons (Fsp3) is 0.217. The first-order valence-corrected chi connectivity index (χ1v) is 10.1. The van der Waals surface area contributed by atoms with Gasteiger partial charge in [-0.1, -0.05) is 48.5 Å². The molecule has 0 fully saturated rings. The third kappa shape index (κ3) is 4.61. The van der Waals surface area contributed by atoms with E-state index in [1.165, 1.54) is 6.20 Å². The molecule has 4 rings (SSSR count). The van der Waals surface area contributed by atoms with E-state index in [0.29, 0.717) is 5.82 Å². The van der Waals surface area contributed by atoms with E-state index in [-0.39, 0.29) is 19.1 Å². The van der Waals surface area contributed by atoms with Crippen LogP contribution in [0, 0.1) is 0 Å². The lowest BCUT2D eigenvalue weighted by atomic mass is 9.98. The Bertz CT molecular complexity index is 1080. The molecule has 1 heterocycles.